The molecule has 1 aliphatic rings. The van der Waals surface area contributed by atoms with Gasteiger partial charge in [0.2, 0.25) is 0 Å². The molecule has 7 heteroatoms. The van der Waals surface area contributed by atoms with E-state index in [4.69, 9.17) is 0 Å². The topological polar surface area (TPSA) is 76.2 Å². The lowest BCUT2D eigenvalue weighted by Gasteiger charge is -2.17. The summed E-state index contributed by atoms with van der Waals surface area (Å²) >= 11 is 0. The predicted octanol–water partition coefficient (Wildman–Crippen LogP) is 2.30. The zero-order valence-corrected chi connectivity index (χ0v) is 16.8. The molecule has 0 saturated heterocycles. The summed E-state index contributed by atoms with van der Waals surface area (Å²) in [6.45, 7) is 6.68. The van der Waals surface area contributed by atoms with Crippen LogP contribution in [0.2, 0.25) is 0 Å². The molecule has 1 aromatic rings. The van der Waals surface area contributed by atoms with Crippen LogP contribution >= 0.6 is 0 Å². The van der Waals surface area contributed by atoms with Gasteiger partial charge in [-0.1, -0.05) is 32.6 Å². The van der Waals surface area contributed by atoms with Crippen molar-refractivity contribution >= 4 is 5.96 Å². The summed E-state index contributed by atoms with van der Waals surface area (Å²) in [5, 5.41) is 11.3. The first kappa shape index (κ1) is 20.5. The second-order valence-corrected chi connectivity index (χ2v) is 7.28. The van der Waals surface area contributed by atoms with Crippen LogP contribution in [0.5, 0.6) is 0 Å². The van der Waals surface area contributed by atoms with Crippen LogP contribution in [-0.4, -0.2) is 39.9 Å². The van der Waals surface area contributed by atoms with Gasteiger partial charge in [0.15, 0.2) is 5.96 Å². The number of hydrogen-bond acceptors (Lipinski definition) is 3. The van der Waals surface area contributed by atoms with Crippen molar-refractivity contribution in [3.05, 3.63) is 16.3 Å². The summed E-state index contributed by atoms with van der Waals surface area (Å²) in [6, 6.07) is 0.417. The van der Waals surface area contributed by atoms with Crippen LogP contribution in [-0.2, 0) is 19.5 Å². The van der Waals surface area contributed by atoms with E-state index in [2.05, 4.69) is 34.6 Å². The number of guanidine groups is 1. The molecule has 26 heavy (non-hydrogen) atoms. The number of aryl methyl sites for hydroxylation is 2. The molecule has 0 bridgehead atoms. The minimum absolute atomic E-state index is 0.0444. The van der Waals surface area contributed by atoms with Crippen LogP contribution in [0.4, 0.5) is 0 Å². The van der Waals surface area contributed by atoms with E-state index in [1.165, 1.54) is 25.7 Å². The highest BCUT2D eigenvalue weighted by atomic mass is 16.2. The van der Waals surface area contributed by atoms with Gasteiger partial charge >= 0.3 is 5.69 Å². The van der Waals surface area contributed by atoms with Crippen LogP contribution in [0.1, 0.15) is 71.0 Å². The fourth-order valence-electron chi connectivity index (χ4n) is 3.41. The van der Waals surface area contributed by atoms with Crippen LogP contribution in [0.15, 0.2) is 9.79 Å². The van der Waals surface area contributed by atoms with Crippen molar-refractivity contribution in [2.24, 2.45) is 4.99 Å². The summed E-state index contributed by atoms with van der Waals surface area (Å²) in [5.74, 6) is 1.79. The second-order valence-electron chi connectivity index (χ2n) is 7.28. The normalized spacial score (nSPS) is 15.6. The molecule has 1 aromatic heterocycles. The Balaban J connectivity index is 1.68. The monoisotopic (exact) mass is 364 g/mol. The lowest BCUT2D eigenvalue weighted by molar-refractivity contribution is 0.508. The standard InChI is InChI=1S/C19H36N6O/c1-4-5-6-7-11-16(2)22-18(20-3)21-13-10-15-25-19(26)24-14-9-8-12-17(24)23-25/h16H,4-15H2,1-3H3,(H2,20,21,22). The minimum atomic E-state index is 0.0444. The quantitative estimate of drug-likeness (QED) is 0.379. The van der Waals surface area contributed by atoms with Crippen molar-refractivity contribution in [1.82, 2.24) is 25.0 Å². The zero-order chi connectivity index (χ0) is 18.8. The first-order valence-corrected chi connectivity index (χ1v) is 10.3. The van der Waals surface area contributed by atoms with Crippen molar-refractivity contribution in [3.63, 3.8) is 0 Å². The molecular weight excluding hydrogens is 328 g/mol. The molecule has 2 N–H and O–H groups in total. The molecule has 0 amide bonds. The minimum Gasteiger partial charge on any atom is -0.356 e. The molecule has 1 atom stereocenters. The largest absolute Gasteiger partial charge is 0.356 e. The van der Waals surface area contributed by atoms with Crippen molar-refractivity contribution in [1.29, 1.82) is 0 Å². The third-order valence-electron chi connectivity index (χ3n) is 4.97. The van der Waals surface area contributed by atoms with Gasteiger partial charge < -0.3 is 10.6 Å². The number of fused-ring (bicyclic) bond motifs is 1. The molecule has 7 nitrogen and oxygen atoms in total. The number of nitrogens with one attached hydrogen (secondary N) is 2. The molecule has 0 fully saturated rings. The van der Waals surface area contributed by atoms with Crippen LogP contribution in [0, 0.1) is 0 Å². The van der Waals surface area contributed by atoms with Gasteiger partial charge in [-0.2, -0.15) is 5.10 Å². The summed E-state index contributed by atoms with van der Waals surface area (Å²) in [6.07, 6.45) is 10.3. The number of aromatic nitrogens is 3. The van der Waals surface area contributed by atoms with Gasteiger partial charge in [0, 0.05) is 39.1 Å². The van der Waals surface area contributed by atoms with E-state index in [1.54, 1.807) is 11.7 Å². The van der Waals surface area contributed by atoms with Gasteiger partial charge in [0.25, 0.3) is 0 Å². The molecule has 2 rings (SSSR count). The smallest absolute Gasteiger partial charge is 0.345 e. The van der Waals surface area contributed by atoms with Crippen molar-refractivity contribution in [2.45, 2.75) is 90.8 Å². The number of rotatable bonds is 10. The fourth-order valence-corrected chi connectivity index (χ4v) is 3.41. The summed E-state index contributed by atoms with van der Waals surface area (Å²) in [7, 11) is 1.80. The Morgan fingerprint density at radius 1 is 1.27 bits per heavy atom. The predicted molar refractivity (Wildman–Crippen MR) is 107 cm³/mol. The third kappa shape index (κ3) is 6.18. The van der Waals surface area contributed by atoms with Crippen LogP contribution in [0.3, 0.4) is 0 Å². The van der Waals surface area contributed by atoms with E-state index in [9.17, 15) is 4.79 Å². The van der Waals surface area contributed by atoms with Crippen LogP contribution < -0.4 is 16.3 Å². The number of unbranched alkanes of at least 4 members (excludes halogenated alkanes) is 3. The molecule has 0 aliphatic carbocycles. The third-order valence-corrected chi connectivity index (χ3v) is 4.97. The van der Waals surface area contributed by atoms with E-state index < -0.39 is 0 Å². The summed E-state index contributed by atoms with van der Waals surface area (Å²) in [4.78, 5) is 16.6. The Bertz CT molecular complexity index is 618. The van der Waals surface area contributed by atoms with Crippen LogP contribution in [0.25, 0.3) is 0 Å². The number of hydrogen-bond donors (Lipinski definition) is 2. The molecule has 1 unspecified atom stereocenters. The molecule has 0 saturated carbocycles. The average Bonchev–Trinajstić information content (AvgIpc) is 2.97. The Morgan fingerprint density at radius 3 is 2.85 bits per heavy atom. The SMILES string of the molecule is CCCCCCC(C)NC(=NC)NCCCn1nc2n(c1=O)CCCC2. The van der Waals surface area contributed by atoms with E-state index in [0.29, 0.717) is 12.6 Å². The molecule has 0 spiro atoms. The van der Waals surface area contributed by atoms with E-state index in [1.807, 2.05) is 4.57 Å². The van der Waals surface area contributed by atoms with Crippen molar-refractivity contribution in [2.75, 3.05) is 13.6 Å². The fraction of sp³-hybridized carbons (Fsp3) is 0.842. The Morgan fingerprint density at radius 2 is 2.12 bits per heavy atom. The average molecular weight is 365 g/mol. The summed E-state index contributed by atoms with van der Waals surface area (Å²) < 4.78 is 3.45. The first-order valence-electron chi connectivity index (χ1n) is 10.3. The van der Waals surface area contributed by atoms with Gasteiger partial charge in [-0.05, 0) is 32.6 Å². The van der Waals surface area contributed by atoms with Gasteiger partial charge in [-0.25, -0.2) is 9.48 Å². The molecule has 0 radical (unpaired) electrons. The van der Waals surface area contributed by atoms with Crippen molar-refractivity contribution < 1.29 is 0 Å². The highest BCUT2D eigenvalue weighted by Crippen LogP contribution is 2.09. The highest BCUT2D eigenvalue weighted by molar-refractivity contribution is 5.79. The lowest BCUT2D eigenvalue weighted by atomic mass is 10.1. The maximum atomic E-state index is 12.3. The lowest BCUT2D eigenvalue weighted by Crippen LogP contribution is -2.42. The first-order chi connectivity index (χ1) is 12.7. The number of nitrogens with zero attached hydrogens (tertiary/aromatic N) is 4. The Labute approximate surface area is 157 Å². The number of aliphatic imine (C=N–C) groups is 1. The maximum Gasteiger partial charge on any atom is 0.345 e. The molecule has 1 aliphatic heterocycles. The van der Waals surface area contributed by atoms with E-state index in [-0.39, 0.29) is 5.69 Å². The Hall–Kier alpha value is -1.79. The van der Waals surface area contributed by atoms with Gasteiger partial charge in [0.05, 0.1) is 0 Å². The second kappa shape index (κ2) is 11.0. The molecule has 2 heterocycles. The molecule has 148 valence electrons. The van der Waals surface area contributed by atoms with Crippen molar-refractivity contribution in [3.8, 4) is 0 Å². The molecular formula is C19H36N6O. The van der Waals surface area contributed by atoms with Gasteiger partial charge in [-0.15, -0.1) is 0 Å². The maximum absolute atomic E-state index is 12.3. The highest BCUT2D eigenvalue weighted by Gasteiger charge is 2.16. The summed E-state index contributed by atoms with van der Waals surface area (Å²) in [5.41, 5.74) is 0.0444. The Kier molecular flexibility index (Phi) is 8.71. The van der Waals surface area contributed by atoms with E-state index >= 15 is 0 Å². The van der Waals surface area contributed by atoms with Gasteiger partial charge in [-0.3, -0.25) is 9.56 Å². The van der Waals surface area contributed by atoms with E-state index in [0.717, 1.165) is 57.0 Å². The molecule has 0 aromatic carbocycles. The van der Waals surface area contributed by atoms with Gasteiger partial charge in [0.1, 0.15) is 5.82 Å². The zero-order valence-electron chi connectivity index (χ0n) is 16.8.